The summed E-state index contributed by atoms with van der Waals surface area (Å²) in [5, 5.41) is 136. The molecule has 2 amide bonds. The van der Waals surface area contributed by atoms with Crippen LogP contribution in [0.5, 0.6) is 0 Å². The Hall–Kier alpha value is -2.79. The highest BCUT2D eigenvalue weighted by molar-refractivity contribution is 5.77. The largest absolute Gasteiger partial charge is 0.477 e. The van der Waals surface area contributed by atoms with Crippen LogP contribution in [0.15, 0.2) is 24.3 Å². The molecule has 3 aliphatic rings. The Labute approximate surface area is 523 Å². The summed E-state index contributed by atoms with van der Waals surface area (Å²) in [5.41, 5.74) is 0. The van der Waals surface area contributed by atoms with Crippen molar-refractivity contribution in [1.29, 1.82) is 0 Å². The lowest BCUT2D eigenvalue weighted by Crippen LogP contribution is -2.70. The fourth-order valence-corrected chi connectivity index (χ4v) is 11.7. The highest BCUT2D eigenvalue weighted by Gasteiger charge is 2.60. The van der Waals surface area contributed by atoms with Crippen molar-refractivity contribution in [2.75, 3.05) is 26.4 Å². The van der Waals surface area contributed by atoms with Crippen LogP contribution in [0.25, 0.3) is 0 Å². The van der Waals surface area contributed by atoms with Gasteiger partial charge in [-0.25, -0.2) is 4.79 Å². The molecule has 3 fully saturated rings. The minimum atomic E-state index is -3.08. The van der Waals surface area contributed by atoms with Gasteiger partial charge in [-0.2, -0.15) is 0 Å². The Kier molecular flexibility index (Phi) is 41.8. The zero-order chi connectivity index (χ0) is 64.7. The minimum Gasteiger partial charge on any atom is -0.477 e. The molecule has 0 saturated carbocycles. The first-order valence-corrected chi connectivity index (χ1v) is 33.7. The number of carboxylic acid groups (broad SMARTS) is 1. The van der Waals surface area contributed by atoms with Gasteiger partial charge in [0.2, 0.25) is 11.8 Å². The number of nitrogens with one attached hydrogen (secondary N) is 2. The Morgan fingerprint density at radius 3 is 1.55 bits per heavy atom. The van der Waals surface area contributed by atoms with Gasteiger partial charge in [-0.3, -0.25) is 9.59 Å². The molecule has 23 nitrogen and oxygen atoms in total. The maximum Gasteiger partial charge on any atom is 0.364 e. The van der Waals surface area contributed by atoms with E-state index >= 15 is 0 Å². The Balaban J connectivity index is 1.60. The van der Waals surface area contributed by atoms with Gasteiger partial charge in [0.15, 0.2) is 12.6 Å². The molecule has 3 rings (SSSR count). The summed E-state index contributed by atoms with van der Waals surface area (Å²) < 4.78 is 34.7. The number of rotatable bonds is 50. The standard InChI is InChI=1S/C65H118N2O21/c1-4-6-8-10-12-14-16-18-19-20-21-22-23-24-25-27-29-31-33-35-37-39-52(75)67-46(47(72)38-36-34-32-30-28-26-17-15-13-11-9-7-5-2)44-83-62-57(79)56(78)59(51(43-70)85-62)86-63-58(80)61(55(77)50(42-69)84-63)88-65(64(81)82)40-48(73)53(66-45(3)71)60(87-65)54(76)49(74)41-68/h19-20,36,38,46-51,53-63,68-70,72-74,76-80H,4-18,21-35,37,39-44H2,1-3H3,(H,66,71)(H,67,75)(H,81,82)/t46-,47+,48-,49+,50+,51+,53+,54+,55-,56+,57+,58+,59+,60-,61-,62+,63-,65-/m0/s1. The lowest BCUT2D eigenvalue weighted by Gasteiger charge is -2.50. The molecule has 88 heavy (non-hydrogen) atoms. The molecule has 0 bridgehead atoms. The van der Waals surface area contributed by atoms with Crippen LogP contribution in [0.1, 0.15) is 233 Å². The number of ether oxygens (including phenoxy) is 6. The van der Waals surface area contributed by atoms with Crippen LogP contribution < -0.4 is 10.6 Å². The van der Waals surface area contributed by atoms with Crippen molar-refractivity contribution in [2.24, 2.45) is 0 Å². The van der Waals surface area contributed by atoms with Crippen molar-refractivity contribution in [3.8, 4) is 0 Å². The average Bonchev–Trinajstić information content (AvgIpc) is 0.825. The van der Waals surface area contributed by atoms with E-state index in [1.165, 1.54) is 135 Å². The van der Waals surface area contributed by atoms with E-state index < -0.39 is 155 Å². The molecule has 0 aromatic carbocycles. The number of carbonyl (C=O) groups excluding carboxylic acids is 2. The van der Waals surface area contributed by atoms with E-state index in [2.05, 4.69) is 36.6 Å². The number of hydrogen-bond donors (Lipinski definition) is 14. The molecule has 3 saturated heterocycles. The smallest absolute Gasteiger partial charge is 0.364 e. The predicted octanol–water partition coefficient (Wildman–Crippen LogP) is 5.28. The first-order valence-electron chi connectivity index (χ1n) is 33.7. The number of carboxylic acids is 1. The second-order valence-electron chi connectivity index (χ2n) is 24.7. The van der Waals surface area contributed by atoms with E-state index in [0.29, 0.717) is 12.8 Å². The van der Waals surface area contributed by atoms with E-state index in [1.807, 2.05) is 6.08 Å². The zero-order valence-corrected chi connectivity index (χ0v) is 53.3. The molecule has 0 aromatic rings. The van der Waals surface area contributed by atoms with Crippen molar-refractivity contribution >= 4 is 17.8 Å². The lowest BCUT2D eigenvalue weighted by molar-refractivity contribution is -0.386. The first-order chi connectivity index (χ1) is 42.4. The van der Waals surface area contributed by atoms with Crippen LogP contribution in [0.2, 0.25) is 0 Å². The normalized spacial score (nSPS) is 29.1. The third-order valence-electron chi connectivity index (χ3n) is 17.1. The van der Waals surface area contributed by atoms with Crippen LogP contribution in [0, 0.1) is 0 Å². The lowest BCUT2D eigenvalue weighted by atomic mass is 9.88. The van der Waals surface area contributed by atoms with Crippen molar-refractivity contribution < 1.29 is 104 Å². The zero-order valence-electron chi connectivity index (χ0n) is 53.3. The van der Waals surface area contributed by atoms with Gasteiger partial charge in [-0.05, 0) is 44.9 Å². The monoisotopic (exact) mass is 1260 g/mol. The number of amides is 2. The number of carbonyl (C=O) groups is 3. The minimum absolute atomic E-state index is 0.199. The summed E-state index contributed by atoms with van der Waals surface area (Å²) in [6, 6.07) is -2.62. The molecular weight excluding hydrogens is 1140 g/mol. The number of aliphatic hydroxyl groups excluding tert-OH is 11. The van der Waals surface area contributed by atoms with E-state index in [4.69, 9.17) is 28.4 Å². The number of allylic oxidation sites excluding steroid dienone is 3. The number of hydrogen-bond acceptors (Lipinski definition) is 20. The Bertz CT molecular complexity index is 1890. The highest BCUT2D eigenvalue weighted by Crippen LogP contribution is 2.39. The Morgan fingerprint density at radius 2 is 1.07 bits per heavy atom. The number of aliphatic carboxylic acids is 1. The summed E-state index contributed by atoms with van der Waals surface area (Å²) in [6.45, 7) is 2.11. The van der Waals surface area contributed by atoms with Crippen molar-refractivity contribution in [3.63, 3.8) is 0 Å². The van der Waals surface area contributed by atoms with Gasteiger partial charge in [-0.1, -0.05) is 192 Å². The summed E-state index contributed by atoms with van der Waals surface area (Å²) in [5.74, 6) is -6.14. The Morgan fingerprint density at radius 1 is 0.591 bits per heavy atom. The summed E-state index contributed by atoms with van der Waals surface area (Å²) in [6.07, 6.45) is 15.1. The SMILES string of the molecule is CCCCCCCCCC=CCCCCCCCCCCCCC(=O)N[C@@H](CO[C@@H]1O[C@H](CO)[C@@H](O[C@@H]2O[C@H](CO)[C@H](O)[C@H](O[C@]3(C(=O)O)C[C@H](O)[C@@H](NC(C)=O)[C@@H]([C@H](O)[C@H](O)CO)O3)[C@H]2O)[C@H](O)[C@H]1O)[C@H](O)C=CCCCCCCCCCCCCC. The van der Waals surface area contributed by atoms with Gasteiger partial charge in [-0.15, -0.1) is 0 Å². The van der Waals surface area contributed by atoms with Crippen LogP contribution in [-0.2, 0) is 42.8 Å². The molecule has 0 spiro atoms. The molecule has 3 heterocycles. The van der Waals surface area contributed by atoms with Crippen molar-refractivity contribution in [3.05, 3.63) is 24.3 Å². The van der Waals surface area contributed by atoms with E-state index in [1.54, 1.807) is 6.08 Å². The molecule has 14 N–H and O–H groups in total. The summed E-state index contributed by atoms with van der Waals surface area (Å²) >= 11 is 0. The van der Waals surface area contributed by atoms with Crippen LogP contribution >= 0.6 is 0 Å². The highest BCUT2D eigenvalue weighted by atomic mass is 16.8. The molecule has 0 radical (unpaired) electrons. The third-order valence-corrected chi connectivity index (χ3v) is 17.1. The number of aliphatic hydroxyl groups is 11. The molecule has 18 atom stereocenters. The second-order valence-corrected chi connectivity index (χ2v) is 24.7. The average molecular weight is 1260 g/mol. The molecule has 23 heteroatoms. The van der Waals surface area contributed by atoms with E-state index in [-0.39, 0.29) is 12.3 Å². The molecule has 0 aliphatic carbocycles. The van der Waals surface area contributed by atoms with Gasteiger partial charge in [0, 0.05) is 19.8 Å². The topological polar surface area (TPSA) is 373 Å². The third kappa shape index (κ3) is 29.0. The molecule has 3 aliphatic heterocycles. The molecule has 0 unspecified atom stereocenters. The number of unbranched alkanes of at least 4 members (excludes halogenated alkanes) is 28. The summed E-state index contributed by atoms with van der Waals surface area (Å²) in [7, 11) is 0. The molecule has 514 valence electrons. The van der Waals surface area contributed by atoms with Crippen LogP contribution in [-0.4, -0.2) is 215 Å². The maximum atomic E-state index is 13.4. The van der Waals surface area contributed by atoms with Gasteiger partial charge in [0.25, 0.3) is 5.79 Å². The van der Waals surface area contributed by atoms with Crippen LogP contribution in [0.4, 0.5) is 0 Å². The van der Waals surface area contributed by atoms with E-state index in [0.717, 1.165) is 58.3 Å². The molecule has 0 aromatic heterocycles. The fraction of sp³-hybridized carbons (Fsp3) is 0.892. The van der Waals surface area contributed by atoms with Crippen LogP contribution in [0.3, 0.4) is 0 Å². The van der Waals surface area contributed by atoms with Crippen molar-refractivity contribution in [2.45, 2.75) is 342 Å². The van der Waals surface area contributed by atoms with Gasteiger partial charge in [0.1, 0.15) is 67.1 Å². The van der Waals surface area contributed by atoms with Gasteiger partial charge in [0.05, 0.1) is 50.7 Å². The summed E-state index contributed by atoms with van der Waals surface area (Å²) in [4.78, 5) is 38.5. The van der Waals surface area contributed by atoms with Crippen molar-refractivity contribution in [1.82, 2.24) is 10.6 Å². The fourth-order valence-electron chi connectivity index (χ4n) is 11.7. The molecular formula is C65H118N2O21. The predicted molar refractivity (Wildman–Crippen MR) is 329 cm³/mol. The van der Waals surface area contributed by atoms with Gasteiger partial charge >= 0.3 is 5.97 Å². The second kappa shape index (κ2) is 46.3. The quantitative estimate of drug-likeness (QED) is 0.0272. The van der Waals surface area contributed by atoms with E-state index in [9.17, 15) is 75.7 Å². The maximum absolute atomic E-state index is 13.4. The van der Waals surface area contributed by atoms with Gasteiger partial charge < -0.3 is 100 Å². The first kappa shape index (κ1) is 79.4.